The van der Waals surface area contributed by atoms with E-state index in [-0.39, 0.29) is 75.0 Å². The Morgan fingerprint density at radius 1 is 1.44 bits per heavy atom. The Hall–Kier alpha value is -1.35. The van der Waals surface area contributed by atoms with Crippen molar-refractivity contribution < 1.29 is 95.0 Å². The zero-order chi connectivity index (χ0) is 23.5. The molecule has 3 rings (SSSR count). The van der Waals surface area contributed by atoms with Gasteiger partial charge in [-0.05, 0) is 5.57 Å². The van der Waals surface area contributed by atoms with Gasteiger partial charge in [-0.2, -0.15) is 8.42 Å². The number of carbonyl (C=O) groups is 3. The van der Waals surface area contributed by atoms with Crippen LogP contribution < -0.4 is 62.4 Å². The summed E-state index contributed by atoms with van der Waals surface area (Å²) < 4.78 is 31.6. The number of β-lactam (4-membered cyclic amide) rings is 1. The second kappa shape index (κ2) is 11.7. The van der Waals surface area contributed by atoms with Gasteiger partial charge in [0, 0.05) is 11.1 Å². The van der Waals surface area contributed by atoms with Crippen molar-refractivity contribution in [3.8, 4) is 0 Å². The number of thiazole rings is 1. The van der Waals surface area contributed by atoms with Crippen LogP contribution >= 0.6 is 23.1 Å². The van der Waals surface area contributed by atoms with Crippen LogP contribution in [0.25, 0.3) is 0 Å². The number of anilines is 1. The third kappa shape index (κ3) is 6.82. The molecule has 0 aliphatic carbocycles. The van der Waals surface area contributed by atoms with Gasteiger partial charge in [-0.3, -0.25) is 23.6 Å². The van der Waals surface area contributed by atoms with Crippen molar-refractivity contribution in [3.63, 3.8) is 0 Å². The van der Waals surface area contributed by atoms with Gasteiger partial charge in [0.25, 0.3) is 11.8 Å². The van der Waals surface area contributed by atoms with Crippen molar-refractivity contribution in [3.05, 3.63) is 35.0 Å². The van der Waals surface area contributed by atoms with E-state index in [2.05, 4.69) is 22.0 Å². The average molecular weight is 534 g/mol. The number of carboxylic acids is 1. The second-order valence-electron chi connectivity index (χ2n) is 5.71. The molecule has 1 saturated heterocycles. The van der Waals surface area contributed by atoms with Crippen molar-refractivity contribution in [2.75, 3.05) is 11.5 Å². The molecule has 2 amide bonds. The monoisotopic (exact) mass is 533 g/mol. The van der Waals surface area contributed by atoms with Crippen molar-refractivity contribution in [1.82, 2.24) is 15.2 Å². The number of nitrogens with zero attached hydrogens (tertiary/aromatic N) is 3. The minimum Gasteiger partial charge on any atom is -1.00 e. The van der Waals surface area contributed by atoms with Crippen molar-refractivity contribution in [1.29, 1.82) is 0 Å². The van der Waals surface area contributed by atoms with Gasteiger partial charge in [-0.25, -0.2) is 9.78 Å². The molecule has 2 aliphatic heterocycles. The number of amides is 2. The van der Waals surface area contributed by atoms with Gasteiger partial charge in [0.1, 0.15) is 22.8 Å². The third-order valence-electron chi connectivity index (χ3n) is 3.81. The quantitative estimate of drug-likeness (QED) is 0.0536. The summed E-state index contributed by atoms with van der Waals surface area (Å²) in [6.07, 6.45) is 1.40. The molecule has 170 valence electrons. The number of nitrogens with two attached hydrogens (primary N) is 1. The van der Waals surface area contributed by atoms with Crippen LogP contribution in [0, 0.1) is 0 Å². The Bertz CT molecular complexity index is 1100. The van der Waals surface area contributed by atoms with E-state index in [0.29, 0.717) is 11.3 Å². The molecule has 7 N–H and O–H groups in total. The van der Waals surface area contributed by atoms with Crippen molar-refractivity contribution >= 4 is 62.1 Å². The van der Waals surface area contributed by atoms with Gasteiger partial charge in [-0.15, -0.1) is 23.1 Å². The number of oxime groups is 1. The van der Waals surface area contributed by atoms with Crippen LogP contribution in [0.1, 0.15) is 7.12 Å². The topological polar surface area (TPSA) is 233 Å². The van der Waals surface area contributed by atoms with E-state index in [1.54, 1.807) is 0 Å². The molecule has 1 aromatic rings. The van der Waals surface area contributed by atoms with Crippen LogP contribution in [0.4, 0.5) is 5.13 Å². The number of carbonyl (C=O) groups excluding carboxylic acids is 2. The van der Waals surface area contributed by atoms with E-state index >= 15 is 0 Å². The number of nitrogens with one attached hydrogen (secondary N) is 1. The second-order valence-corrected chi connectivity index (χ2v) is 8.60. The number of fused-ring (bicyclic) bond motifs is 1. The number of nitrogen functional groups attached to an aromatic ring is 1. The van der Waals surface area contributed by atoms with Gasteiger partial charge >= 0.3 is 67.8 Å². The normalized spacial score (nSPS) is 20.1. The molecule has 2 aliphatic rings. The molecule has 14 nitrogen and oxygen atoms in total. The molecule has 0 saturated carbocycles. The van der Waals surface area contributed by atoms with E-state index in [0.717, 1.165) is 16.2 Å². The molecule has 32 heavy (non-hydrogen) atoms. The first-order valence-electron chi connectivity index (χ1n) is 7.86. The van der Waals surface area contributed by atoms with Gasteiger partial charge in [0.15, 0.2) is 10.8 Å². The molecule has 1 aromatic heterocycles. The molecule has 0 radical (unpaired) electrons. The molecule has 1 fully saturated rings. The number of hydrogen-bond acceptors (Lipinski definition) is 11. The van der Waals surface area contributed by atoms with E-state index in [4.69, 9.17) is 28.5 Å². The third-order valence-corrected chi connectivity index (χ3v) is 5.79. The van der Waals surface area contributed by atoms with Crippen molar-refractivity contribution in [2.24, 2.45) is 5.16 Å². The number of allylic oxidation sites excluding steroid dienone is 1. The average Bonchev–Trinajstić information content (AvgIpc) is 3.09. The summed E-state index contributed by atoms with van der Waals surface area (Å²) in [7, 11) is -4.67. The Morgan fingerprint density at radius 3 is 2.47 bits per heavy atom. The van der Waals surface area contributed by atoms with E-state index in [1.807, 2.05) is 0 Å². The first-order chi connectivity index (χ1) is 14.4. The summed E-state index contributed by atoms with van der Waals surface area (Å²) in [5.74, 6) is -2.27. The van der Waals surface area contributed by atoms with Gasteiger partial charge in [-0.1, -0.05) is 17.8 Å². The smallest absolute Gasteiger partial charge is 1.00 e. The molecular formula is C14H16KN5O9S3. The maximum atomic E-state index is 12.4. The Labute approximate surface area is 233 Å². The molecule has 3 heterocycles. The SMILES string of the molecule is C=CC1=C(C(=O)O)N2C(=O)[C@@H](NC(=O)/C(=N\O)c3csc(N)n3)[C@H]2SC1.O=S(=O)(O)O.[H-].[K+]. The minimum absolute atomic E-state index is 0. The van der Waals surface area contributed by atoms with Gasteiger partial charge in [0.05, 0.1) is 0 Å². The van der Waals surface area contributed by atoms with Crippen LogP contribution in [0.3, 0.4) is 0 Å². The van der Waals surface area contributed by atoms with Crippen LogP contribution in [-0.2, 0) is 24.8 Å². The number of hydrogen-bond donors (Lipinski definition) is 6. The maximum Gasteiger partial charge on any atom is 1.00 e. The van der Waals surface area contributed by atoms with Crippen LogP contribution in [0.2, 0.25) is 0 Å². The summed E-state index contributed by atoms with van der Waals surface area (Å²) in [4.78, 5) is 41.2. The maximum absolute atomic E-state index is 12.4. The molecule has 0 bridgehead atoms. The summed E-state index contributed by atoms with van der Waals surface area (Å²) in [5, 5.41) is 24.9. The van der Waals surface area contributed by atoms with Crippen LogP contribution in [0.15, 0.2) is 34.5 Å². The van der Waals surface area contributed by atoms with Crippen LogP contribution in [-0.4, -0.2) is 78.4 Å². The summed E-state index contributed by atoms with van der Waals surface area (Å²) in [6.45, 7) is 3.56. The summed E-state index contributed by atoms with van der Waals surface area (Å²) in [5.41, 5.74) is 5.49. The van der Waals surface area contributed by atoms with E-state index in [9.17, 15) is 19.5 Å². The Balaban J connectivity index is 0.00000133. The first kappa shape index (κ1) is 28.7. The molecular weight excluding hydrogens is 517 g/mol. The molecule has 0 spiro atoms. The van der Waals surface area contributed by atoms with Gasteiger partial charge < -0.3 is 22.8 Å². The fourth-order valence-electron chi connectivity index (χ4n) is 2.62. The fourth-order valence-corrected chi connectivity index (χ4v) is 4.51. The predicted molar refractivity (Wildman–Crippen MR) is 110 cm³/mol. The zero-order valence-corrected chi connectivity index (χ0v) is 21.8. The number of rotatable bonds is 5. The Morgan fingerprint density at radius 2 is 2.03 bits per heavy atom. The standard InChI is InChI=1S/C14H13N5O5S2.K.H2O4S.H/c1-2-5-3-25-12-8(11(21)19(12)9(5)13(22)23)17-10(20)7(18-24)6-4-26-14(15)16-6;;1-5(2,3)4;/h2,4,8,12,24H,1,3H2,(H2,15,16)(H,17,20)(H,22,23);;(H2,1,2,3,4);/q;+1;;-1/b18-7-;;;/t8-,12-;;;/m1.../s1. The van der Waals surface area contributed by atoms with Crippen LogP contribution in [0.5, 0.6) is 0 Å². The number of thioether (sulfide) groups is 1. The number of carboxylic acid groups (broad SMARTS) is 1. The molecule has 18 heteroatoms. The number of aliphatic carboxylic acids is 1. The fraction of sp³-hybridized carbons (Fsp3) is 0.214. The largest absolute Gasteiger partial charge is 1.00 e. The zero-order valence-electron chi connectivity index (χ0n) is 17.2. The van der Waals surface area contributed by atoms with Gasteiger partial charge in [0.2, 0.25) is 0 Å². The molecule has 0 aromatic carbocycles. The Kier molecular flexibility index (Phi) is 10.5. The first-order valence-corrected chi connectivity index (χ1v) is 11.2. The van der Waals surface area contributed by atoms with Crippen molar-refractivity contribution in [2.45, 2.75) is 11.4 Å². The van der Waals surface area contributed by atoms with E-state index < -0.39 is 39.6 Å². The molecule has 0 unspecified atom stereocenters. The minimum atomic E-state index is -4.67. The molecule has 2 atom stereocenters. The summed E-state index contributed by atoms with van der Waals surface area (Å²) >= 11 is 2.37. The summed E-state index contributed by atoms with van der Waals surface area (Å²) in [6, 6.07) is -0.944. The predicted octanol–water partition coefficient (Wildman–Crippen LogP) is -3.71. The number of aromatic nitrogens is 1. The van der Waals surface area contributed by atoms with E-state index in [1.165, 1.54) is 23.2 Å².